The summed E-state index contributed by atoms with van der Waals surface area (Å²) in [6, 6.07) is 1.70. The quantitative estimate of drug-likeness (QED) is 0.510. The number of nitrogens with one attached hydrogen (secondary N) is 2. The van der Waals surface area contributed by atoms with Gasteiger partial charge < -0.3 is 10.4 Å². The van der Waals surface area contributed by atoms with Crippen molar-refractivity contribution in [3.8, 4) is 0 Å². The molecule has 1 atom stereocenters. The standard InChI is InChI=1S/C8H5BrClFN4O.C2HF3O2/c9-3-1-4-6(12-2-3)14-15-7(4)13-8(16)5(10)11;3-2(4,5)1(6)7/h1-2,5H,(H2,12,13,14,15,16);(H,6,7). The van der Waals surface area contributed by atoms with Gasteiger partial charge in [-0.05, 0) is 22.0 Å². The Labute approximate surface area is 138 Å². The van der Waals surface area contributed by atoms with Gasteiger partial charge in [0.15, 0.2) is 5.65 Å². The van der Waals surface area contributed by atoms with Crippen molar-refractivity contribution in [2.45, 2.75) is 11.8 Å². The number of hydrogen-bond acceptors (Lipinski definition) is 4. The summed E-state index contributed by atoms with van der Waals surface area (Å²) in [7, 11) is 0. The molecular formula is C10H6BrClF4N4O3. The SMILES string of the molecule is O=C(Nc1[nH]nc2ncc(Br)cc12)C(F)Cl.O=C(O)C(F)(F)F. The van der Waals surface area contributed by atoms with Crippen LogP contribution in [0.4, 0.5) is 23.4 Å². The lowest BCUT2D eigenvalue weighted by Crippen LogP contribution is -2.21. The van der Waals surface area contributed by atoms with Gasteiger partial charge in [0.05, 0.1) is 5.39 Å². The van der Waals surface area contributed by atoms with Crippen molar-refractivity contribution in [3.05, 3.63) is 16.7 Å². The van der Waals surface area contributed by atoms with E-state index in [1.54, 1.807) is 12.3 Å². The fourth-order valence-electron chi connectivity index (χ4n) is 1.15. The molecule has 23 heavy (non-hydrogen) atoms. The smallest absolute Gasteiger partial charge is 0.475 e. The Morgan fingerprint density at radius 3 is 2.48 bits per heavy atom. The molecule has 0 radical (unpaired) electrons. The number of aromatic nitrogens is 3. The number of carbonyl (C=O) groups excluding carboxylic acids is 1. The van der Waals surface area contributed by atoms with Crippen molar-refractivity contribution in [2.75, 3.05) is 5.32 Å². The van der Waals surface area contributed by atoms with Crippen LogP contribution in [-0.4, -0.2) is 44.0 Å². The van der Waals surface area contributed by atoms with Gasteiger partial charge in [-0.15, -0.1) is 0 Å². The maximum Gasteiger partial charge on any atom is 0.490 e. The normalized spacial score (nSPS) is 12.3. The lowest BCUT2D eigenvalue weighted by atomic mass is 10.3. The first-order valence-electron chi connectivity index (χ1n) is 5.41. The molecule has 2 aromatic heterocycles. The van der Waals surface area contributed by atoms with E-state index in [9.17, 15) is 22.4 Å². The molecule has 2 aromatic rings. The zero-order valence-corrected chi connectivity index (χ0v) is 13.0. The van der Waals surface area contributed by atoms with Crippen molar-refractivity contribution in [2.24, 2.45) is 0 Å². The van der Waals surface area contributed by atoms with Crippen LogP contribution in [0.1, 0.15) is 0 Å². The zero-order chi connectivity index (χ0) is 17.8. The van der Waals surface area contributed by atoms with Crippen LogP contribution in [0.15, 0.2) is 16.7 Å². The molecule has 0 spiro atoms. The van der Waals surface area contributed by atoms with Gasteiger partial charge in [0.1, 0.15) is 5.82 Å². The highest BCUT2D eigenvalue weighted by Gasteiger charge is 2.38. The van der Waals surface area contributed by atoms with E-state index in [-0.39, 0.29) is 5.82 Å². The Bertz CT molecular complexity index is 722. The van der Waals surface area contributed by atoms with E-state index in [0.717, 1.165) is 4.47 Å². The Kier molecular flexibility index (Phi) is 6.27. The van der Waals surface area contributed by atoms with Crippen LogP contribution in [0.3, 0.4) is 0 Å². The fraction of sp³-hybridized carbons (Fsp3) is 0.200. The number of nitrogens with zero attached hydrogens (tertiary/aromatic N) is 2. The Balaban J connectivity index is 0.000000322. The Morgan fingerprint density at radius 2 is 2.00 bits per heavy atom. The molecule has 1 unspecified atom stereocenters. The van der Waals surface area contributed by atoms with E-state index < -0.39 is 23.7 Å². The van der Waals surface area contributed by atoms with Crippen molar-refractivity contribution >= 4 is 56.3 Å². The van der Waals surface area contributed by atoms with Gasteiger partial charge in [-0.1, -0.05) is 11.6 Å². The average Bonchev–Trinajstić information content (AvgIpc) is 2.80. The maximum atomic E-state index is 12.5. The summed E-state index contributed by atoms with van der Waals surface area (Å²) in [6.07, 6.45) is -3.52. The number of alkyl halides is 5. The lowest BCUT2D eigenvalue weighted by molar-refractivity contribution is -0.192. The predicted molar refractivity (Wildman–Crippen MR) is 74.7 cm³/mol. The molecular weight excluding hydrogens is 415 g/mol. The summed E-state index contributed by atoms with van der Waals surface area (Å²) < 4.78 is 44.9. The number of carboxylic acids is 1. The van der Waals surface area contributed by atoms with Crippen molar-refractivity contribution in [1.82, 2.24) is 15.2 Å². The van der Waals surface area contributed by atoms with Gasteiger partial charge in [-0.3, -0.25) is 9.89 Å². The van der Waals surface area contributed by atoms with Crippen LogP contribution in [0.25, 0.3) is 11.0 Å². The van der Waals surface area contributed by atoms with E-state index in [2.05, 4.69) is 36.4 Å². The Morgan fingerprint density at radius 1 is 1.43 bits per heavy atom. The third-order valence-electron chi connectivity index (χ3n) is 2.07. The van der Waals surface area contributed by atoms with Crippen molar-refractivity contribution < 1.29 is 32.3 Å². The second kappa shape index (κ2) is 7.55. The number of carbonyl (C=O) groups is 2. The molecule has 0 aliphatic heterocycles. The third-order valence-corrected chi connectivity index (χ3v) is 2.70. The van der Waals surface area contributed by atoms with Crippen molar-refractivity contribution in [3.63, 3.8) is 0 Å². The number of pyridine rings is 1. The van der Waals surface area contributed by atoms with Crippen LogP contribution in [-0.2, 0) is 9.59 Å². The number of amides is 1. The molecule has 2 heterocycles. The van der Waals surface area contributed by atoms with Crippen molar-refractivity contribution in [1.29, 1.82) is 0 Å². The van der Waals surface area contributed by atoms with Gasteiger partial charge in [0, 0.05) is 10.7 Å². The largest absolute Gasteiger partial charge is 0.490 e. The van der Waals surface area contributed by atoms with E-state index in [1.807, 2.05) is 0 Å². The van der Waals surface area contributed by atoms with Crippen LogP contribution < -0.4 is 5.32 Å². The summed E-state index contributed by atoms with van der Waals surface area (Å²) in [5.41, 5.74) is -1.68. The molecule has 0 saturated heterocycles. The summed E-state index contributed by atoms with van der Waals surface area (Å²) in [5, 5.41) is 16.3. The fourth-order valence-corrected chi connectivity index (χ4v) is 1.53. The summed E-state index contributed by atoms with van der Waals surface area (Å²) in [4.78, 5) is 23.9. The first-order valence-corrected chi connectivity index (χ1v) is 6.64. The molecule has 0 aromatic carbocycles. The summed E-state index contributed by atoms with van der Waals surface area (Å²) >= 11 is 8.22. The van der Waals surface area contributed by atoms with Crippen LogP contribution in [0, 0.1) is 0 Å². The molecule has 7 nitrogen and oxygen atoms in total. The first kappa shape index (κ1) is 19.1. The molecule has 1 amide bonds. The molecule has 0 bridgehead atoms. The molecule has 0 aliphatic rings. The number of rotatable bonds is 2. The molecule has 0 aliphatic carbocycles. The highest BCUT2D eigenvalue weighted by atomic mass is 79.9. The minimum atomic E-state index is -5.08. The second-order valence-electron chi connectivity index (χ2n) is 3.72. The molecule has 0 saturated carbocycles. The monoisotopic (exact) mass is 420 g/mol. The first-order chi connectivity index (χ1) is 10.5. The molecule has 3 N–H and O–H groups in total. The van der Waals surface area contributed by atoms with Gasteiger partial charge in [-0.25, -0.2) is 14.2 Å². The lowest BCUT2D eigenvalue weighted by Gasteiger charge is -2.01. The second-order valence-corrected chi connectivity index (χ2v) is 5.02. The zero-order valence-electron chi connectivity index (χ0n) is 10.7. The van der Waals surface area contributed by atoms with Crippen LogP contribution >= 0.6 is 27.5 Å². The highest BCUT2D eigenvalue weighted by molar-refractivity contribution is 9.10. The third kappa shape index (κ3) is 5.63. The summed E-state index contributed by atoms with van der Waals surface area (Å²) in [5.74, 6) is -3.45. The maximum absolute atomic E-state index is 12.5. The van der Waals surface area contributed by atoms with E-state index >= 15 is 0 Å². The number of halogens is 6. The number of aromatic amines is 1. The number of fused-ring (bicyclic) bond motifs is 1. The van der Waals surface area contributed by atoms with Gasteiger partial charge in [-0.2, -0.15) is 18.3 Å². The Hall–Kier alpha value is -1.95. The minimum absolute atomic E-state index is 0.261. The van der Waals surface area contributed by atoms with E-state index in [4.69, 9.17) is 21.5 Å². The topological polar surface area (TPSA) is 108 Å². The number of hydrogen-bond donors (Lipinski definition) is 3. The number of anilines is 1. The van der Waals surface area contributed by atoms with Crippen LogP contribution in [0.2, 0.25) is 0 Å². The molecule has 126 valence electrons. The van der Waals surface area contributed by atoms with E-state index in [0.29, 0.717) is 11.0 Å². The number of H-pyrrole nitrogens is 1. The predicted octanol–water partition coefficient (Wildman–Crippen LogP) is 2.83. The van der Waals surface area contributed by atoms with Crippen LogP contribution in [0.5, 0.6) is 0 Å². The molecule has 0 fully saturated rings. The summed E-state index contributed by atoms with van der Waals surface area (Å²) in [6.45, 7) is 0. The van der Waals surface area contributed by atoms with Gasteiger partial charge >= 0.3 is 12.1 Å². The average molecular weight is 422 g/mol. The van der Waals surface area contributed by atoms with Gasteiger partial charge in [0.25, 0.3) is 11.5 Å². The van der Waals surface area contributed by atoms with Gasteiger partial charge in [0.2, 0.25) is 0 Å². The number of carboxylic acid groups (broad SMARTS) is 1. The number of aliphatic carboxylic acids is 1. The molecule has 2 rings (SSSR count). The highest BCUT2D eigenvalue weighted by Crippen LogP contribution is 2.22. The molecule has 13 heteroatoms. The van der Waals surface area contributed by atoms with E-state index in [1.165, 1.54) is 0 Å². The minimum Gasteiger partial charge on any atom is -0.475 e.